The van der Waals surface area contributed by atoms with E-state index in [1.807, 2.05) is 12.2 Å². The van der Waals surface area contributed by atoms with Crippen molar-refractivity contribution in [2.45, 2.75) is 128 Å². The SMILES string of the molecule is CCCCCCCC(=O)OC[C@H](CO)OC(=O)CCC/C=C\C[C@H]1[C@@H](O)CC(=O)[C@@H]1/C=C/[C@@H](O)CCCCC. The highest BCUT2D eigenvalue weighted by Gasteiger charge is 2.39. The average Bonchev–Trinajstić information content (AvgIpc) is 3.18. The molecular weight excluding hydrogens is 500 g/mol. The van der Waals surface area contributed by atoms with Crippen LogP contribution in [0.3, 0.4) is 0 Å². The van der Waals surface area contributed by atoms with E-state index in [9.17, 15) is 29.7 Å². The van der Waals surface area contributed by atoms with Crippen LogP contribution in [0, 0.1) is 11.8 Å². The molecule has 0 aromatic rings. The van der Waals surface area contributed by atoms with Crippen molar-refractivity contribution in [3.8, 4) is 0 Å². The van der Waals surface area contributed by atoms with Crippen molar-refractivity contribution in [2.24, 2.45) is 11.8 Å². The number of aliphatic hydroxyl groups is 3. The second-order valence-corrected chi connectivity index (χ2v) is 10.6. The molecule has 1 rings (SSSR count). The topological polar surface area (TPSA) is 130 Å². The maximum absolute atomic E-state index is 12.3. The first kappa shape index (κ1) is 35.0. The molecular formula is C31H52O8. The summed E-state index contributed by atoms with van der Waals surface area (Å²) in [6.07, 6.45) is 16.4. The van der Waals surface area contributed by atoms with Gasteiger partial charge in [-0.2, -0.15) is 0 Å². The van der Waals surface area contributed by atoms with Crippen molar-refractivity contribution in [2.75, 3.05) is 13.2 Å². The summed E-state index contributed by atoms with van der Waals surface area (Å²) in [5.74, 6) is -1.43. The fraction of sp³-hybridized carbons (Fsp3) is 0.774. The van der Waals surface area contributed by atoms with E-state index in [1.165, 1.54) is 0 Å². The zero-order valence-corrected chi connectivity index (χ0v) is 24.1. The number of hydrogen-bond acceptors (Lipinski definition) is 8. The molecule has 8 heteroatoms. The zero-order chi connectivity index (χ0) is 28.9. The molecule has 39 heavy (non-hydrogen) atoms. The second-order valence-electron chi connectivity index (χ2n) is 10.6. The normalized spacial score (nSPS) is 21.1. The Kier molecular flexibility index (Phi) is 19.5. The van der Waals surface area contributed by atoms with Crippen molar-refractivity contribution < 1.29 is 39.2 Å². The highest BCUT2D eigenvalue weighted by atomic mass is 16.6. The predicted molar refractivity (Wildman–Crippen MR) is 151 cm³/mol. The lowest BCUT2D eigenvalue weighted by Gasteiger charge is -2.17. The maximum Gasteiger partial charge on any atom is 0.306 e. The van der Waals surface area contributed by atoms with E-state index in [0.717, 1.165) is 51.4 Å². The summed E-state index contributed by atoms with van der Waals surface area (Å²) in [5.41, 5.74) is 0. The van der Waals surface area contributed by atoms with Crippen molar-refractivity contribution in [3.05, 3.63) is 24.3 Å². The lowest BCUT2D eigenvalue weighted by atomic mass is 9.90. The van der Waals surface area contributed by atoms with Gasteiger partial charge in [-0.05, 0) is 32.1 Å². The van der Waals surface area contributed by atoms with Gasteiger partial charge in [-0.1, -0.05) is 83.1 Å². The molecule has 0 amide bonds. The number of aliphatic hydroxyl groups excluding tert-OH is 3. The number of ether oxygens (including phenoxy) is 2. The van der Waals surface area contributed by atoms with E-state index >= 15 is 0 Å². The van der Waals surface area contributed by atoms with Crippen LogP contribution in [0.1, 0.15) is 110 Å². The number of esters is 2. The van der Waals surface area contributed by atoms with Gasteiger partial charge in [0.15, 0.2) is 6.10 Å². The lowest BCUT2D eigenvalue weighted by Crippen LogP contribution is -2.28. The third-order valence-corrected chi connectivity index (χ3v) is 7.12. The van der Waals surface area contributed by atoms with Crippen LogP contribution in [0.25, 0.3) is 0 Å². The molecule has 0 bridgehead atoms. The van der Waals surface area contributed by atoms with Crippen molar-refractivity contribution in [1.82, 2.24) is 0 Å². The van der Waals surface area contributed by atoms with Gasteiger partial charge in [0.25, 0.3) is 0 Å². The van der Waals surface area contributed by atoms with Crippen LogP contribution in [0.15, 0.2) is 24.3 Å². The first-order valence-corrected chi connectivity index (χ1v) is 15.0. The maximum atomic E-state index is 12.3. The standard InChI is InChI=1S/C31H52O8/c1-3-5-7-8-13-17-30(36)38-23-25(22-32)39-31(37)18-14-10-9-12-16-26-27(29(35)21-28(26)34)20-19-24(33)15-11-6-4-2/h9,12,19-20,24-28,32-34H,3-8,10-11,13-18,21-23H2,1-2H3/b12-9-,20-19+/t24-,25-,26+,27+,28-/m0/s1. The number of rotatable bonds is 22. The Morgan fingerprint density at radius 2 is 1.67 bits per heavy atom. The number of hydrogen-bond donors (Lipinski definition) is 3. The van der Waals surface area contributed by atoms with Gasteiger partial charge >= 0.3 is 11.9 Å². The van der Waals surface area contributed by atoms with Crippen LogP contribution in [0.2, 0.25) is 0 Å². The van der Waals surface area contributed by atoms with Crippen molar-refractivity contribution in [1.29, 1.82) is 0 Å². The largest absolute Gasteiger partial charge is 0.462 e. The minimum Gasteiger partial charge on any atom is -0.462 e. The zero-order valence-electron chi connectivity index (χ0n) is 24.1. The van der Waals surface area contributed by atoms with E-state index in [1.54, 1.807) is 12.2 Å². The molecule has 3 N–H and O–H groups in total. The van der Waals surface area contributed by atoms with Crippen LogP contribution in [0.5, 0.6) is 0 Å². The summed E-state index contributed by atoms with van der Waals surface area (Å²) in [4.78, 5) is 36.3. The third-order valence-electron chi connectivity index (χ3n) is 7.12. The number of Topliss-reactive ketones (excluding diaryl/α,β-unsaturated/α-hetero) is 1. The molecule has 1 aliphatic carbocycles. The average molecular weight is 553 g/mol. The fourth-order valence-corrected chi connectivity index (χ4v) is 4.71. The second kappa shape index (κ2) is 21.8. The molecule has 0 heterocycles. The van der Waals surface area contributed by atoms with Gasteiger partial charge in [0, 0.05) is 31.1 Å². The fourth-order valence-electron chi connectivity index (χ4n) is 4.71. The molecule has 8 nitrogen and oxygen atoms in total. The molecule has 0 aliphatic heterocycles. The van der Waals surface area contributed by atoms with Crippen molar-refractivity contribution >= 4 is 17.7 Å². The molecule has 1 saturated carbocycles. The molecule has 0 unspecified atom stereocenters. The molecule has 1 aliphatic rings. The van der Waals surface area contributed by atoms with E-state index < -0.39 is 36.8 Å². The molecule has 224 valence electrons. The van der Waals surface area contributed by atoms with Gasteiger partial charge < -0.3 is 24.8 Å². The predicted octanol–water partition coefficient (Wildman–Crippen LogP) is 4.97. The van der Waals surface area contributed by atoms with Gasteiger partial charge in [0.05, 0.1) is 18.8 Å². The highest BCUT2D eigenvalue weighted by Crippen LogP contribution is 2.33. The minimum atomic E-state index is -0.867. The monoisotopic (exact) mass is 552 g/mol. The van der Waals surface area contributed by atoms with Gasteiger partial charge in [-0.25, -0.2) is 0 Å². The minimum absolute atomic E-state index is 0.00301. The number of ketones is 1. The van der Waals surface area contributed by atoms with Gasteiger partial charge in [0.2, 0.25) is 0 Å². The summed E-state index contributed by atoms with van der Waals surface area (Å²) < 4.78 is 10.4. The van der Waals surface area contributed by atoms with Crippen LogP contribution in [-0.4, -0.2) is 64.6 Å². The van der Waals surface area contributed by atoms with Crippen LogP contribution >= 0.6 is 0 Å². The molecule has 0 aromatic carbocycles. The summed E-state index contributed by atoms with van der Waals surface area (Å²) in [6.45, 7) is 3.68. The number of carbonyl (C=O) groups is 3. The molecule has 0 spiro atoms. The highest BCUT2D eigenvalue weighted by molar-refractivity contribution is 5.86. The van der Waals surface area contributed by atoms with Crippen LogP contribution in [-0.2, 0) is 23.9 Å². The first-order chi connectivity index (χ1) is 18.8. The number of carbonyl (C=O) groups excluding carboxylic acids is 3. The Labute approximate surface area is 234 Å². The third kappa shape index (κ3) is 16.0. The van der Waals surface area contributed by atoms with E-state index in [0.29, 0.717) is 32.1 Å². The van der Waals surface area contributed by atoms with Crippen LogP contribution < -0.4 is 0 Å². The van der Waals surface area contributed by atoms with Crippen molar-refractivity contribution in [3.63, 3.8) is 0 Å². The van der Waals surface area contributed by atoms with Gasteiger partial charge in [-0.3, -0.25) is 14.4 Å². The Balaban J connectivity index is 2.30. The molecule has 0 radical (unpaired) electrons. The summed E-state index contributed by atoms with van der Waals surface area (Å²) in [6, 6.07) is 0. The van der Waals surface area contributed by atoms with Gasteiger partial charge in [-0.15, -0.1) is 0 Å². The molecule has 0 saturated heterocycles. The quantitative estimate of drug-likeness (QED) is 0.0974. The number of allylic oxidation sites excluding steroid dienone is 3. The molecule has 5 atom stereocenters. The molecule has 1 fully saturated rings. The lowest BCUT2D eigenvalue weighted by molar-refractivity contribution is -0.161. The van der Waals surface area contributed by atoms with E-state index in [4.69, 9.17) is 9.47 Å². The molecule has 0 aromatic heterocycles. The van der Waals surface area contributed by atoms with Crippen LogP contribution in [0.4, 0.5) is 0 Å². The number of unbranched alkanes of at least 4 members (excludes halogenated alkanes) is 7. The Morgan fingerprint density at radius 1 is 0.974 bits per heavy atom. The Bertz CT molecular complexity index is 747. The summed E-state index contributed by atoms with van der Waals surface area (Å²) in [7, 11) is 0. The van der Waals surface area contributed by atoms with E-state index in [2.05, 4.69) is 13.8 Å². The Morgan fingerprint density at radius 3 is 2.38 bits per heavy atom. The summed E-state index contributed by atoms with van der Waals surface area (Å²) >= 11 is 0. The van der Waals surface area contributed by atoms with E-state index in [-0.39, 0.29) is 37.1 Å². The first-order valence-electron chi connectivity index (χ1n) is 15.0. The van der Waals surface area contributed by atoms with Gasteiger partial charge in [0.1, 0.15) is 12.4 Å². The smallest absolute Gasteiger partial charge is 0.306 e. The summed E-state index contributed by atoms with van der Waals surface area (Å²) in [5, 5.41) is 29.9. The Hall–Kier alpha value is -2.03.